The van der Waals surface area contributed by atoms with Crippen molar-refractivity contribution in [3.63, 3.8) is 0 Å². The van der Waals surface area contributed by atoms with Crippen LogP contribution >= 0.6 is 0 Å². The SMILES string of the molecule is CCCC[C@@H](CC)C(=O)N(Cc1nc(C(=O)OC)co1)C(C)C. The summed E-state index contributed by atoms with van der Waals surface area (Å²) >= 11 is 0. The maximum absolute atomic E-state index is 12.8. The van der Waals surface area contributed by atoms with E-state index >= 15 is 0 Å². The standard InChI is InChI=1S/C17H28N2O4/c1-6-8-9-13(7-2)16(20)19(12(3)4)10-15-18-14(11-23-15)17(21)22-5/h11-13H,6-10H2,1-5H3/t13-/m1/s1. The molecule has 1 aromatic heterocycles. The van der Waals surface area contributed by atoms with Crippen molar-refractivity contribution in [3.8, 4) is 0 Å². The molecule has 0 saturated heterocycles. The first-order valence-electron chi connectivity index (χ1n) is 8.27. The molecule has 6 heteroatoms. The van der Waals surface area contributed by atoms with Crippen LogP contribution in [0.5, 0.6) is 0 Å². The molecule has 0 bridgehead atoms. The topological polar surface area (TPSA) is 72.6 Å². The van der Waals surface area contributed by atoms with Crippen molar-refractivity contribution >= 4 is 11.9 Å². The minimum atomic E-state index is -0.545. The summed E-state index contributed by atoms with van der Waals surface area (Å²) in [6, 6.07) is 0.0339. The molecule has 0 aromatic carbocycles. The molecule has 1 atom stereocenters. The molecule has 0 aliphatic rings. The summed E-state index contributed by atoms with van der Waals surface area (Å²) in [5.41, 5.74) is 0.122. The predicted octanol–water partition coefficient (Wildman–Crippen LogP) is 3.41. The number of hydrogen-bond acceptors (Lipinski definition) is 5. The fourth-order valence-corrected chi connectivity index (χ4v) is 2.43. The van der Waals surface area contributed by atoms with Crippen molar-refractivity contribution < 1.29 is 18.7 Å². The van der Waals surface area contributed by atoms with Crippen molar-refractivity contribution in [3.05, 3.63) is 17.8 Å². The summed E-state index contributed by atoms with van der Waals surface area (Å²) in [5, 5.41) is 0. The second kappa shape index (κ2) is 9.33. The van der Waals surface area contributed by atoms with Crippen LogP contribution in [0.2, 0.25) is 0 Å². The Balaban J connectivity index is 2.83. The molecule has 0 aliphatic heterocycles. The van der Waals surface area contributed by atoms with Crippen LogP contribution in [0, 0.1) is 5.92 Å². The van der Waals surface area contributed by atoms with Gasteiger partial charge < -0.3 is 14.1 Å². The van der Waals surface area contributed by atoms with Gasteiger partial charge >= 0.3 is 5.97 Å². The van der Waals surface area contributed by atoms with Gasteiger partial charge in [-0.05, 0) is 26.7 Å². The zero-order valence-electron chi connectivity index (χ0n) is 14.8. The van der Waals surface area contributed by atoms with E-state index in [4.69, 9.17) is 4.42 Å². The van der Waals surface area contributed by atoms with E-state index in [1.807, 2.05) is 20.8 Å². The fourth-order valence-electron chi connectivity index (χ4n) is 2.43. The van der Waals surface area contributed by atoms with E-state index in [9.17, 15) is 9.59 Å². The molecule has 1 aromatic rings. The second-order valence-corrected chi connectivity index (χ2v) is 5.93. The molecule has 0 aliphatic carbocycles. The van der Waals surface area contributed by atoms with Crippen molar-refractivity contribution in [1.29, 1.82) is 0 Å². The van der Waals surface area contributed by atoms with Gasteiger partial charge in [0.2, 0.25) is 11.8 Å². The second-order valence-electron chi connectivity index (χ2n) is 5.93. The summed E-state index contributed by atoms with van der Waals surface area (Å²) in [6.45, 7) is 8.36. The number of esters is 1. The maximum atomic E-state index is 12.8. The largest absolute Gasteiger partial charge is 0.464 e. The molecular formula is C17H28N2O4. The third-order valence-electron chi connectivity index (χ3n) is 3.91. The molecule has 6 nitrogen and oxygen atoms in total. The monoisotopic (exact) mass is 324 g/mol. The number of aromatic nitrogens is 1. The average molecular weight is 324 g/mol. The highest BCUT2D eigenvalue weighted by Crippen LogP contribution is 2.19. The van der Waals surface area contributed by atoms with Crippen LogP contribution in [0.25, 0.3) is 0 Å². The van der Waals surface area contributed by atoms with Crippen molar-refractivity contribution in [2.45, 2.75) is 66.0 Å². The molecule has 0 unspecified atom stereocenters. The zero-order valence-corrected chi connectivity index (χ0v) is 14.8. The highest BCUT2D eigenvalue weighted by atomic mass is 16.5. The molecule has 0 radical (unpaired) electrons. The third-order valence-corrected chi connectivity index (χ3v) is 3.91. The fraction of sp³-hybridized carbons (Fsp3) is 0.706. The number of carbonyl (C=O) groups excluding carboxylic acids is 2. The van der Waals surface area contributed by atoms with Crippen LogP contribution < -0.4 is 0 Å². The lowest BCUT2D eigenvalue weighted by molar-refractivity contribution is -0.138. The van der Waals surface area contributed by atoms with E-state index < -0.39 is 5.97 Å². The summed E-state index contributed by atoms with van der Waals surface area (Å²) in [4.78, 5) is 30.1. The molecule has 0 N–H and O–H groups in total. The number of amides is 1. The Morgan fingerprint density at radius 1 is 1.35 bits per heavy atom. The highest BCUT2D eigenvalue weighted by Gasteiger charge is 2.26. The maximum Gasteiger partial charge on any atom is 0.360 e. The molecule has 130 valence electrons. The Hall–Kier alpha value is -1.85. The average Bonchev–Trinajstić information content (AvgIpc) is 3.00. The van der Waals surface area contributed by atoms with E-state index in [2.05, 4.69) is 16.6 Å². The molecule has 0 saturated carbocycles. The Morgan fingerprint density at radius 3 is 2.57 bits per heavy atom. The number of nitrogens with zero attached hydrogens (tertiary/aromatic N) is 2. The lowest BCUT2D eigenvalue weighted by Crippen LogP contribution is -2.40. The molecule has 0 spiro atoms. The van der Waals surface area contributed by atoms with Crippen LogP contribution in [-0.4, -0.2) is 34.9 Å². The molecule has 0 fully saturated rings. The lowest BCUT2D eigenvalue weighted by atomic mass is 9.97. The van der Waals surface area contributed by atoms with Gasteiger partial charge in [-0.3, -0.25) is 4.79 Å². The molecular weight excluding hydrogens is 296 g/mol. The first-order chi connectivity index (χ1) is 10.9. The number of carbonyl (C=O) groups is 2. The van der Waals surface area contributed by atoms with Gasteiger partial charge in [-0.2, -0.15) is 0 Å². The van der Waals surface area contributed by atoms with Gasteiger partial charge in [0.25, 0.3) is 0 Å². The van der Waals surface area contributed by atoms with Crippen LogP contribution in [-0.2, 0) is 16.1 Å². The summed E-state index contributed by atoms with van der Waals surface area (Å²) in [6.07, 6.45) is 5.10. The van der Waals surface area contributed by atoms with Gasteiger partial charge in [0, 0.05) is 12.0 Å². The van der Waals surface area contributed by atoms with Crippen molar-refractivity contribution in [2.75, 3.05) is 7.11 Å². The van der Waals surface area contributed by atoms with Crippen molar-refractivity contribution in [1.82, 2.24) is 9.88 Å². The lowest BCUT2D eigenvalue weighted by Gasteiger charge is -2.29. The van der Waals surface area contributed by atoms with E-state index in [1.54, 1.807) is 4.90 Å². The first-order valence-corrected chi connectivity index (χ1v) is 8.27. The van der Waals surface area contributed by atoms with Crippen LogP contribution in [0.1, 0.15) is 69.8 Å². The summed E-state index contributed by atoms with van der Waals surface area (Å²) < 4.78 is 9.91. The van der Waals surface area contributed by atoms with Crippen LogP contribution in [0.15, 0.2) is 10.7 Å². The Labute approximate surface area is 138 Å². The van der Waals surface area contributed by atoms with Gasteiger partial charge in [-0.15, -0.1) is 0 Å². The van der Waals surface area contributed by atoms with Gasteiger partial charge in [-0.25, -0.2) is 9.78 Å². The van der Waals surface area contributed by atoms with Crippen LogP contribution in [0.4, 0.5) is 0 Å². The van der Waals surface area contributed by atoms with Crippen LogP contribution in [0.3, 0.4) is 0 Å². The number of hydrogen-bond donors (Lipinski definition) is 0. The number of methoxy groups -OCH3 is 1. The third kappa shape index (κ3) is 5.37. The normalized spacial score (nSPS) is 12.3. The first kappa shape index (κ1) is 19.2. The number of unbranched alkanes of at least 4 members (excludes halogenated alkanes) is 1. The van der Waals surface area contributed by atoms with E-state index in [-0.39, 0.29) is 30.1 Å². The van der Waals surface area contributed by atoms with Gasteiger partial charge in [0.15, 0.2) is 5.69 Å². The Bertz CT molecular complexity index is 510. The Kier molecular flexibility index (Phi) is 7.78. The highest BCUT2D eigenvalue weighted by molar-refractivity contribution is 5.86. The summed E-state index contributed by atoms with van der Waals surface area (Å²) in [5.74, 6) is -0.0595. The quantitative estimate of drug-likeness (QED) is 0.651. The molecule has 1 amide bonds. The summed E-state index contributed by atoms with van der Waals surface area (Å²) in [7, 11) is 1.29. The van der Waals surface area contributed by atoms with E-state index in [0.717, 1.165) is 25.7 Å². The molecule has 23 heavy (non-hydrogen) atoms. The van der Waals surface area contributed by atoms with Crippen molar-refractivity contribution in [2.24, 2.45) is 5.92 Å². The number of oxazole rings is 1. The Morgan fingerprint density at radius 2 is 2.04 bits per heavy atom. The van der Waals surface area contributed by atoms with Gasteiger partial charge in [0.1, 0.15) is 6.26 Å². The smallest absolute Gasteiger partial charge is 0.360 e. The van der Waals surface area contributed by atoms with E-state index in [0.29, 0.717) is 5.89 Å². The minimum Gasteiger partial charge on any atom is -0.464 e. The van der Waals surface area contributed by atoms with Gasteiger partial charge in [0.05, 0.1) is 13.7 Å². The molecule has 1 rings (SSSR count). The van der Waals surface area contributed by atoms with Gasteiger partial charge in [-0.1, -0.05) is 26.7 Å². The number of ether oxygens (including phenoxy) is 1. The predicted molar refractivity (Wildman–Crippen MR) is 86.8 cm³/mol. The van der Waals surface area contributed by atoms with E-state index in [1.165, 1.54) is 13.4 Å². The molecule has 1 heterocycles. The minimum absolute atomic E-state index is 0.0207. The zero-order chi connectivity index (χ0) is 17.4. The number of rotatable bonds is 9.